The van der Waals surface area contributed by atoms with Crippen molar-refractivity contribution in [3.05, 3.63) is 62.5 Å². The first-order valence-corrected chi connectivity index (χ1v) is 16.4. The van der Waals surface area contributed by atoms with Crippen molar-refractivity contribution >= 4 is 39.4 Å². The highest BCUT2D eigenvalue weighted by atomic mass is 32.1. The number of aliphatic carboxylic acids is 2. The second-order valence-electron chi connectivity index (χ2n) is 12.8. The summed E-state index contributed by atoms with van der Waals surface area (Å²) in [4.78, 5) is 52.0. The molecule has 52 heavy (non-hydrogen) atoms. The van der Waals surface area contributed by atoms with Crippen LogP contribution in [0.4, 0.5) is 39.5 Å². The summed E-state index contributed by atoms with van der Waals surface area (Å²) in [6.07, 6.45) is -11.1. The minimum absolute atomic E-state index is 0.0258. The van der Waals surface area contributed by atoms with Gasteiger partial charge in [0.25, 0.3) is 0 Å². The fraction of sp³-hybridized carbons (Fsp3) is 0.531. The number of likely N-dealkylation sites (tertiary alicyclic amines) is 1. The molecule has 20 heteroatoms. The third-order valence-corrected chi connectivity index (χ3v) is 9.46. The molecule has 0 unspecified atom stereocenters. The highest BCUT2D eigenvalue weighted by molar-refractivity contribution is 7.16. The van der Waals surface area contributed by atoms with E-state index in [4.69, 9.17) is 19.8 Å². The normalized spacial score (nSPS) is 16.4. The third-order valence-electron chi connectivity index (χ3n) is 8.47. The Morgan fingerprint density at radius 1 is 0.923 bits per heavy atom. The Kier molecular flexibility index (Phi) is 13.2. The smallest absolute Gasteiger partial charge is 0.475 e. The molecule has 2 aliphatic rings. The first kappa shape index (κ1) is 42.2. The van der Waals surface area contributed by atoms with E-state index < -0.39 is 41.4 Å². The molecule has 0 saturated carbocycles. The van der Waals surface area contributed by atoms with E-state index in [1.165, 1.54) is 11.3 Å². The maximum absolute atomic E-state index is 14.0. The second-order valence-corrected chi connectivity index (χ2v) is 13.8. The van der Waals surface area contributed by atoms with Crippen LogP contribution in [0.15, 0.2) is 35.3 Å². The molecule has 1 amide bonds. The molecule has 0 aliphatic carbocycles. The predicted molar refractivity (Wildman–Crippen MR) is 169 cm³/mol. The first-order valence-electron chi connectivity index (χ1n) is 15.6. The molecule has 288 valence electrons. The Bertz CT molecular complexity index is 1790. The number of alkyl halides is 9. The number of rotatable bonds is 5. The minimum Gasteiger partial charge on any atom is -0.475 e. The van der Waals surface area contributed by atoms with E-state index in [0.29, 0.717) is 30.1 Å². The molecule has 2 N–H and O–H groups in total. The van der Waals surface area contributed by atoms with Gasteiger partial charge in [-0.3, -0.25) is 19.5 Å². The summed E-state index contributed by atoms with van der Waals surface area (Å²) in [7, 11) is 1.78. The van der Waals surface area contributed by atoms with Crippen molar-refractivity contribution in [3.63, 3.8) is 0 Å². The molecule has 2 aliphatic heterocycles. The van der Waals surface area contributed by atoms with Crippen molar-refractivity contribution in [2.24, 2.45) is 18.4 Å². The summed E-state index contributed by atoms with van der Waals surface area (Å²) in [5.74, 6) is -5.13. The number of aromatic nitrogens is 2. The number of pyridine rings is 1. The van der Waals surface area contributed by atoms with Gasteiger partial charge in [-0.05, 0) is 67.6 Å². The van der Waals surface area contributed by atoms with Crippen LogP contribution in [0.25, 0.3) is 10.2 Å². The van der Waals surface area contributed by atoms with Crippen LogP contribution < -0.4 is 4.87 Å². The van der Waals surface area contributed by atoms with Gasteiger partial charge < -0.3 is 19.7 Å². The molecule has 4 heterocycles. The first-order chi connectivity index (χ1) is 23.8. The zero-order chi connectivity index (χ0) is 39.4. The Morgan fingerprint density at radius 2 is 1.48 bits per heavy atom. The van der Waals surface area contributed by atoms with E-state index in [1.807, 2.05) is 6.07 Å². The molecule has 3 aromatic rings. The van der Waals surface area contributed by atoms with Gasteiger partial charge in [-0.1, -0.05) is 31.3 Å². The average molecular weight is 775 g/mol. The number of carbonyl (C=O) groups excluding carboxylic acids is 1. The molecule has 2 aromatic heterocycles. The van der Waals surface area contributed by atoms with Crippen molar-refractivity contribution < 1.29 is 64.1 Å². The van der Waals surface area contributed by atoms with Crippen molar-refractivity contribution in [2.75, 3.05) is 19.6 Å². The fourth-order valence-corrected chi connectivity index (χ4v) is 6.99. The van der Waals surface area contributed by atoms with Crippen LogP contribution in [0, 0.1) is 11.3 Å². The number of carbonyl (C=O) groups is 3. The van der Waals surface area contributed by atoms with E-state index in [2.05, 4.69) is 35.9 Å². The molecule has 10 nitrogen and oxygen atoms in total. The molecule has 0 spiro atoms. The lowest BCUT2D eigenvalue weighted by Crippen LogP contribution is -2.51. The number of nitrogens with zero attached hydrogens (tertiary/aromatic N) is 4. The molecule has 5 rings (SSSR count). The lowest BCUT2D eigenvalue weighted by atomic mass is 9.71. The zero-order valence-electron chi connectivity index (χ0n) is 28.0. The number of carboxylic acids is 2. The number of hydrogen-bond acceptors (Lipinski definition) is 7. The largest absolute Gasteiger partial charge is 0.490 e. The topological polar surface area (TPSA) is 133 Å². The van der Waals surface area contributed by atoms with Crippen LogP contribution >= 0.6 is 11.3 Å². The summed E-state index contributed by atoms with van der Waals surface area (Å²) in [6.45, 7) is 7.18. The summed E-state index contributed by atoms with van der Waals surface area (Å²) < 4.78 is 106. The number of aryl methyl sites for hydroxylation is 1. The van der Waals surface area contributed by atoms with Crippen LogP contribution in [0.5, 0.6) is 0 Å². The SMILES string of the molecule is CC(C)CC1(C(=O)N2CCc3ncc(C(F)(F)F)cc3C2)CCN(Cc2ccc3c(c2)sc(=O)n3C)CC1.O=C(O)C(F)(F)F.O=C(O)C(F)(F)F. The number of hydrogen-bond donors (Lipinski definition) is 2. The summed E-state index contributed by atoms with van der Waals surface area (Å²) in [5, 5.41) is 14.2. The summed E-state index contributed by atoms with van der Waals surface area (Å²) >= 11 is 1.25. The van der Waals surface area contributed by atoms with E-state index in [1.54, 1.807) is 16.5 Å². The molecule has 1 aromatic carbocycles. The van der Waals surface area contributed by atoms with Crippen molar-refractivity contribution in [1.82, 2.24) is 19.4 Å². The van der Waals surface area contributed by atoms with Gasteiger partial charge in [0.2, 0.25) is 5.91 Å². The predicted octanol–water partition coefficient (Wildman–Crippen LogP) is 6.49. The van der Waals surface area contributed by atoms with Crippen molar-refractivity contribution in [2.45, 2.75) is 71.1 Å². The maximum atomic E-state index is 14.0. The quantitative estimate of drug-likeness (QED) is 0.281. The molecule has 1 saturated heterocycles. The highest BCUT2D eigenvalue weighted by Gasteiger charge is 2.45. The zero-order valence-corrected chi connectivity index (χ0v) is 28.8. The third kappa shape index (κ3) is 10.9. The van der Waals surface area contributed by atoms with E-state index in [-0.39, 0.29) is 17.3 Å². The van der Waals surface area contributed by atoms with Crippen LogP contribution in [-0.4, -0.2) is 79.4 Å². The standard InChI is InChI=1S/C28H33F3N4O2S.2C2HF3O2/c1-18(2)14-27(25(36)35-9-6-22-20(17-35)13-21(15-32-22)28(29,30)31)7-10-34(11-8-27)16-19-4-5-23-24(12-19)38-26(37)33(23)3;2*3-2(4,5)1(6)7/h4-5,12-13,15,18H,6-11,14,16-17H2,1-3H3;2*(H,6,7). The van der Waals surface area contributed by atoms with Gasteiger partial charge in [-0.25, -0.2) is 9.59 Å². The Hall–Kier alpha value is -4.20. The van der Waals surface area contributed by atoms with Crippen LogP contribution in [0.1, 0.15) is 55.5 Å². The molecular weight excluding hydrogens is 739 g/mol. The fourth-order valence-electron chi connectivity index (χ4n) is 6.05. The van der Waals surface area contributed by atoms with Gasteiger partial charge in [0.1, 0.15) is 0 Å². The Morgan fingerprint density at radius 3 is 1.98 bits per heavy atom. The lowest BCUT2D eigenvalue weighted by molar-refractivity contribution is -0.193. The van der Waals surface area contributed by atoms with E-state index >= 15 is 0 Å². The number of benzene rings is 1. The number of piperidine rings is 1. The van der Waals surface area contributed by atoms with Gasteiger partial charge in [-0.15, -0.1) is 0 Å². The van der Waals surface area contributed by atoms with Crippen molar-refractivity contribution in [1.29, 1.82) is 0 Å². The molecule has 0 bridgehead atoms. The van der Waals surface area contributed by atoms with Gasteiger partial charge in [0.15, 0.2) is 0 Å². The number of halogens is 9. The van der Waals surface area contributed by atoms with E-state index in [0.717, 1.165) is 66.9 Å². The Labute approximate surface area is 294 Å². The van der Waals surface area contributed by atoms with Gasteiger partial charge in [-0.2, -0.15) is 39.5 Å². The van der Waals surface area contributed by atoms with Crippen LogP contribution in [-0.2, 0) is 47.1 Å². The summed E-state index contributed by atoms with van der Waals surface area (Å²) in [6, 6.07) is 7.28. The molecule has 0 atom stereocenters. The summed E-state index contributed by atoms with van der Waals surface area (Å²) in [5.41, 5.74) is 1.94. The van der Waals surface area contributed by atoms with Gasteiger partial charge in [0.05, 0.1) is 21.2 Å². The number of thiazole rings is 1. The monoisotopic (exact) mass is 774 g/mol. The van der Waals surface area contributed by atoms with E-state index in [9.17, 15) is 49.1 Å². The van der Waals surface area contributed by atoms with Gasteiger partial charge >= 0.3 is 35.3 Å². The lowest BCUT2D eigenvalue weighted by Gasteiger charge is -2.45. The van der Waals surface area contributed by atoms with Crippen LogP contribution in [0.3, 0.4) is 0 Å². The average Bonchev–Trinajstić information content (AvgIpc) is 3.32. The second kappa shape index (κ2) is 16.2. The molecular formula is C32H35F9N4O6S. The Balaban J connectivity index is 0.000000441. The number of fused-ring (bicyclic) bond motifs is 2. The highest BCUT2D eigenvalue weighted by Crippen LogP contribution is 2.41. The van der Waals surface area contributed by atoms with Crippen molar-refractivity contribution in [3.8, 4) is 0 Å². The maximum Gasteiger partial charge on any atom is 0.490 e. The minimum atomic E-state index is -5.08. The number of amides is 1. The number of carboxylic acid groups (broad SMARTS) is 2. The molecule has 0 radical (unpaired) electrons. The van der Waals surface area contributed by atoms with Crippen LogP contribution in [0.2, 0.25) is 0 Å². The van der Waals surface area contributed by atoms with Gasteiger partial charge in [0, 0.05) is 45.0 Å². The molecule has 1 fully saturated rings.